The predicted octanol–water partition coefficient (Wildman–Crippen LogP) is 2.01. The van der Waals surface area contributed by atoms with Crippen LogP contribution in [0.5, 0.6) is 11.5 Å². The summed E-state index contributed by atoms with van der Waals surface area (Å²) in [6, 6.07) is 10.7. The molecule has 0 fully saturated rings. The molecule has 8 nitrogen and oxygen atoms in total. The van der Waals surface area contributed by atoms with Crippen LogP contribution in [0.1, 0.15) is 23.2 Å². The number of aliphatic hydroxyl groups excluding tert-OH is 1. The number of aliphatic hydroxyl groups is 1. The number of aromatic carboxylic acids is 1. The van der Waals surface area contributed by atoms with Gasteiger partial charge in [-0.15, -0.1) is 0 Å². The zero-order valence-corrected chi connectivity index (χ0v) is 14.7. The van der Waals surface area contributed by atoms with E-state index < -0.39 is 20.9 Å². The van der Waals surface area contributed by atoms with Crippen molar-refractivity contribution in [1.29, 1.82) is 0 Å². The van der Waals surface area contributed by atoms with Gasteiger partial charge in [0.15, 0.2) is 5.75 Å². The monoisotopic (exact) mass is 380 g/mol. The molecular weight excluding hydrogens is 360 g/mol. The second kappa shape index (κ2) is 8.65. The predicted molar refractivity (Wildman–Crippen MR) is 96.1 cm³/mol. The van der Waals surface area contributed by atoms with E-state index in [1.807, 2.05) is 0 Å². The number of anilines is 1. The fraction of sp³-hybridized carbons (Fsp3) is 0.235. The van der Waals surface area contributed by atoms with Crippen molar-refractivity contribution in [1.82, 2.24) is 0 Å². The molecule has 0 aliphatic heterocycles. The van der Waals surface area contributed by atoms with Crippen LogP contribution >= 0.6 is 0 Å². The van der Waals surface area contributed by atoms with E-state index >= 15 is 0 Å². The Kier molecular flexibility index (Phi) is 6.56. The number of carbonyl (C=O) groups is 1. The fourth-order valence-electron chi connectivity index (χ4n) is 2.24. The number of hydrogen-bond donors (Lipinski definition) is 4. The van der Waals surface area contributed by atoms with E-state index in [1.165, 1.54) is 6.07 Å². The van der Waals surface area contributed by atoms with Crippen LogP contribution < -0.4 is 15.2 Å². The molecule has 0 saturated carbocycles. The Morgan fingerprint density at radius 3 is 2.42 bits per heavy atom. The number of rotatable bonds is 9. The van der Waals surface area contributed by atoms with Gasteiger partial charge in [-0.05, 0) is 37.1 Å². The second-order valence-corrected chi connectivity index (χ2v) is 7.00. The highest BCUT2D eigenvalue weighted by atomic mass is 32.2. The number of nitrogens with two attached hydrogens (primary N) is 1. The van der Waals surface area contributed by atoms with E-state index in [0.29, 0.717) is 25.1 Å². The average molecular weight is 380 g/mol. The summed E-state index contributed by atoms with van der Waals surface area (Å²) in [6.07, 6.45) is 1.14. The molecule has 0 heterocycles. The fourth-order valence-corrected chi connectivity index (χ4v) is 2.94. The Morgan fingerprint density at radius 2 is 1.85 bits per heavy atom. The average Bonchev–Trinajstić information content (AvgIpc) is 2.59. The van der Waals surface area contributed by atoms with Gasteiger partial charge in [0.25, 0.3) is 0 Å². The van der Waals surface area contributed by atoms with E-state index in [9.17, 15) is 18.3 Å². The number of carboxylic acids is 1. The zero-order valence-electron chi connectivity index (χ0n) is 13.9. The lowest BCUT2D eigenvalue weighted by atomic mass is 10.1. The zero-order chi connectivity index (χ0) is 19.2. The molecule has 0 saturated heterocycles. The van der Waals surface area contributed by atoms with Crippen molar-refractivity contribution in [3.8, 4) is 11.5 Å². The summed E-state index contributed by atoms with van der Waals surface area (Å²) in [7, 11) is -4.24. The molecule has 2 aromatic rings. The van der Waals surface area contributed by atoms with Crippen molar-refractivity contribution in [2.24, 2.45) is 5.14 Å². The first-order chi connectivity index (χ1) is 12.3. The third kappa shape index (κ3) is 5.19. The number of carboxylic acid groups (broad SMARTS) is 1. The van der Waals surface area contributed by atoms with Gasteiger partial charge in [0.05, 0.1) is 11.3 Å². The van der Waals surface area contributed by atoms with E-state index in [0.717, 1.165) is 6.07 Å². The molecule has 0 aromatic heterocycles. The molecule has 0 aliphatic carbocycles. The number of benzene rings is 2. The summed E-state index contributed by atoms with van der Waals surface area (Å²) in [5.74, 6) is -0.994. The first-order valence-electron chi connectivity index (χ1n) is 7.84. The molecule has 26 heavy (non-hydrogen) atoms. The third-order valence-electron chi connectivity index (χ3n) is 3.47. The maximum absolute atomic E-state index is 12.0. The number of para-hydroxylation sites is 1. The summed E-state index contributed by atoms with van der Waals surface area (Å²) in [5.41, 5.74) is -0.0465. The highest BCUT2D eigenvalue weighted by Crippen LogP contribution is 2.37. The maximum Gasteiger partial charge on any atom is 0.335 e. The Morgan fingerprint density at radius 1 is 1.15 bits per heavy atom. The topological polar surface area (TPSA) is 139 Å². The van der Waals surface area contributed by atoms with Crippen molar-refractivity contribution in [2.45, 2.75) is 17.7 Å². The molecular formula is C17H20N2O6S. The number of sulfonamides is 1. The summed E-state index contributed by atoms with van der Waals surface area (Å²) in [6.45, 7) is 0.408. The van der Waals surface area contributed by atoms with Crippen LogP contribution in [0, 0.1) is 0 Å². The standard InChI is InChI=1S/C17H20N2O6S/c18-26(23,24)15-11-12(17(21)22)10-14(19-8-4-5-9-20)16(15)25-13-6-2-1-3-7-13/h1-3,6-7,10-11,19-20H,4-5,8-9H2,(H,21,22)(H2,18,23,24). The van der Waals surface area contributed by atoms with Gasteiger partial charge in [-0.2, -0.15) is 0 Å². The van der Waals surface area contributed by atoms with E-state index in [4.69, 9.17) is 15.0 Å². The van der Waals surface area contributed by atoms with Crippen molar-refractivity contribution in [3.05, 3.63) is 48.0 Å². The molecule has 5 N–H and O–H groups in total. The molecule has 0 amide bonds. The van der Waals surface area contributed by atoms with Gasteiger partial charge >= 0.3 is 5.97 Å². The van der Waals surface area contributed by atoms with Crippen molar-refractivity contribution >= 4 is 21.7 Å². The number of primary sulfonamides is 1. The van der Waals surface area contributed by atoms with E-state index in [1.54, 1.807) is 30.3 Å². The SMILES string of the molecule is NS(=O)(=O)c1cc(C(=O)O)cc(NCCCCO)c1Oc1ccccc1. The van der Waals surface area contributed by atoms with Crippen LogP contribution in [0.15, 0.2) is 47.4 Å². The summed E-state index contributed by atoms with van der Waals surface area (Å²) in [5, 5.41) is 26.3. The number of nitrogens with one attached hydrogen (secondary N) is 1. The van der Waals surface area contributed by atoms with Gasteiger partial charge in [0.2, 0.25) is 10.0 Å². The molecule has 0 atom stereocenters. The largest absolute Gasteiger partial charge is 0.478 e. The Labute approximate surface area is 151 Å². The number of unbranched alkanes of at least 4 members (excludes halogenated alkanes) is 1. The van der Waals surface area contributed by atoms with Crippen LogP contribution in [-0.4, -0.2) is 37.8 Å². The van der Waals surface area contributed by atoms with E-state index in [-0.39, 0.29) is 23.6 Å². The lowest BCUT2D eigenvalue weighted by molar-refractivity contribution is 0.0696. The molecule has 140 valence electrons. The molecule has 0 spiro atoms. The Balaban J connectivity index is 2.53. The second-order valence-electron chi connectivity index (χ2n) is 5.47. The van der Waals surface area contributed by atoms with Gasteiger partial charge in [-0.25, -0.2) is 18.4 Å². The van der Waals surface area contributed by atoms with Crippen LogP contribution in [-0.2, 0) is 10.0 Å². The quantitative estimate of drug-likeness (QED) is 0.488. The summed E-state index contributed by atoms with van der Waals surface area (Å²) >= 11 is 0. The van der Waals surface area contributed by atoms with Crippen molar-refractivity contribution in [3.63, 3.8) is 0 Å². The summed E-state index contributed by atoms with van der Waals surface area (Å²) < 4.78 is 29.7. The lowest BCUT2D eigenvalue weighted by Crippen LogP contribution is -2.16. The molecule has 2 aromatic carbocycles. The first-order valence-corrected chi connectivity index (χ1v) is 9.39. The molecule has 0 bridgehead atoms. The van der Waals surface area contributed by atoms with Crippen LogP contribution in [0.2, 0.25) is 0 Å². The smallest absolute Gasteiger partial charge is 0.335 e. The van der Waals surface area contributed by atoms with Gasteiger partial charge in [0, 0.05) is 13.2 Å². The van der Waals surface area contributed by atoms with E-state index in [2.05, 4.69) is 5.32 Å². The highest BCUT2D eigenvalue weighted by Gasteiger charge is 2.23. The van der Waals surface area contributed by atoms with Gasteiger partial charge in [-0.1, -0.05) is 18.2 Å². The first kappa shape index (κ1) is 19.7. The van der Waals surface area contributed by atoms with Crippen LogP contribution in [0.25, 0.3) is 0 Å². The summed E-state index contributed by atoms with van der Waals surface area (Å²) in [4.78, 5) is 10.9. The molecule has 0 unspecified atom stereocenters. The minimum atomic E-state index is -4.24. The molecule has 9 heteroatoms. The minimum Gasteiger partial charge on any atom is -0.478 e. The van der Waals surface area contributed by atoms with Crippen LogP contribution in [0.3, 0.4) is 0 Å². The minimum absolute atomic E-state index is 0.0205. The normalized spacial score (nSPS) is 11.2. The lowest BCUT2D eigenvalue weighted by Gasteiger charge is -2.17. The van der Waals surface area contributed by atoms with Gasteiger partial charge in [-0.3, -0.25) is 0 Å². The molecule has 2 rings (SSSR count). The van der Waals surface area contributed by atoms with Crippen molar-refractivity contribution in [2.75, 3.05) is 18.5 Å². The van der Waals surface area contributed by atoms with Crippen LogP contribution in [0.4, 0.5) is 5.69 Å². The molecule has 0 aliphatic rings. The number of hydrogen-bond acceptors (Lipinski definition) is 6. The molecule has 0 radical (unpaired) electrons. The van der Waals surface area contributed by atoms with Gasteiger partial charge in [0.1, 0.15) is 10.6 Å². The number of ether oxygens (including phenoxy) is 1. The Hall–Kier alpha value is -2.62. The Bertz CT molecular complexity index is 868. The third-order valence-corrected chi connectivity index (χ3v) is 4.39. The van der Waals surface area contributed by atoms with Gasteiger partial charge < -0.3 is 20.3 Å². The maximum atomic E-state index is 12.0. The highest BCUT2D eigenvalue weighted by molar-refractivity contribution is 7.89. The van der Waals surface area contributed by atoms with Crippen molar-refractivity contribution < 1.29 is 28.2 Å².